The zero-order valence-corrected chi connectivity index (χ0v) is 18.9. The summed E-state index contributed by atoms with van der Waals surface area (Å²) in [6.07, 6.45) is 1.45. The number of carbonyl (C=O) groups excluding carboxylic acids is 2. The second-order valence-electron chi connectivity index (χ2n) is 8.27. The molecule has 0 saturated carbocycles. The van der Waals surface area contributed by atoms with Gasteiger partial charge in [-0.05, 0) is 69.4 Å². The minimum atomic E-state index is -0.140. The molecule has 2 amide bonds. The summed E-state index contributed by atoms with van der Waals surface area (Å²) in [4.78, 5) is 26.6. The molecule has 0 aromatic heterocycles. The number of likely N-dealkylation sites (tertiary alicyclic amines) is 1. The fourth-order valence-corrected chi connectivity index (χ4v) is 3.70. The molecule has 1 heterocycles. The third kappa shape index (κ3) is 6.23. The van der Waals surface area contributed by atoms with Crippen LogP contribution in [0, 0.1) is 27.7 Å². The van der Waals surface area contributed by atoms with E-state index in [4.69, 9.17) is 9.47 Å². The summed E-state index contributed by atoms with van der Waals surface area (Å²) in [5.41, 5.74) is 4.40. The number of hydrogen-bond donors (Lipinski definition) is 1. The van der Waals surface area contributed by atoms with Gasteiger partial charge < -0.3 is 19.7 Å². The van der Waals surface area contributed by atoms with Crippen molar-refractivity contribution in [2.24, 2.45) is 0 Å². The summed E-state index contributed by atoms with van der Waals surface area (Å²) < 4.78 is 11.4. The average Bonchev–Trinajstić information content (AvgIpc) is 2.76. The normalized spacial score (nSPS) is 14.3. The zero-order chi connectivity index (χ0) is 22.4. The Morgan fingerprint density at radius 2 is 1.55 bits per heavy atom. The van der Waals surface area contributed by atoms with Crippen molar-refractivity contribution in [3.8, 4) is 11.5 Å². The fourth-order valence-electron chi connectivity index (χ4n) is 3.70. The quantitative estimate of drug-likeness (QED) is 0.739. The molecule has 0 radical (unpaired) electrons. The Balaban J connectivity index is 1.40. The van der Waals surface area contributed by atoms with Crippen LogP contribution in [0.25, 0.3) is 0 Å². The second kappa shape index (κ2) is 10.3. The van der Waals surface area contributed by atoms with Crippen LogP contribution in [0.1, 0.15) is 35.1 Å². The summed E-state index contributed by atoms with van der Waals surface area (Å²) in [5, 5.41) is 3.01. The van der Waals surface area contributed by atoms with Crippen molar-refractivity contribution in [1.82, 2.24) is 10.2 Å². The zero-order valence-electron chi connectivity index (χ0n) is 18.9. The molecule has 1 aliphatic heterocycles. The fraction of sp³-hybridized carbons (Fsp3) is 0.440. The molecule has 2 aromatic carbocycles. The molecule has 1 N–H and O–H groups in total. The lowest BCUT2D eigenvalue weighted by Crippen LogP contribution is -2.48. The molecule has 0 unspecified atom stereocenters. The number of aryl methyl sites for hydroxylation is 3. The van der Waals surface area contributed by atoms with Gasteiger partial charge in [0, 0.05) is 19.1 Å². The largest absolute Gasteiger partial charge is 0.484 e. The van der Waals surface area contributed by atoms with Crippen LogP contribution in [0.2, 0.25) is 0 Å². The number of rotatable bonds is 7. The Hall–Kier alpha value is -3.02. The van der Waals surface area contributed by atoms with Crippen LogP contribution in [-0.4, -0.2) is 49.1 Å². The highest BCUT2D eigenvalue weighted by molar-refractivity contribution is 5.79. The van der Waals surface area contributed by atoms with Gasteiger partial charge in [0.05, 0.1) is 0 Å². The van der Waals surface area contributed by atoms with Crippen LogP contribution in [0.3, 0.4) is 0 Å². The highest BCUT2D eigenvalue weighted by atomic mass is 16.5. The van der Waals surface area contributed by atoms with E-state index in [0.29, 0.717) is 18.8 Å². The first kappa shape index (κ1) is 22.7. The smallest absolute Gasteiger partial charge is 0.260 e. The molecule has 2 aromatic rings. The first-order valence-electron chi connectivity index (χ1n) is 10.8. The van der Waals surface area contributed by atoms with Crippen molar-refractivity contribution in [2.45, 2.75) is 46.6 Å². The Kier molecular flexibility index (Phi) is 7.55. The molecular weight excluding hydrogens is 392 g/mol. The van der Waals surface area contributed by atoms with Crippen molar-refractivity contribution < 1.29 is 19.1 Å². The van der Waals surface area contributed by atoms with E-state index >= 15 is 0 Å². The monoisotopic (exact) mass is 424 g/mol. The van der Waals surface area contributed by atoms with Crippen LogP contribution in [0.5, 0.6) is 11.5 Å². The van der Waals surface area contributed by atoms with E-state index in [0.717, 1.165) is 40.8 Å². The number of hydrogen-bond acceptors (Lipinski definition) is 4. The minimum Gasteiger partial charge on any atom is -0.484 e. The van der Waals surface area contributed by atoms with E-state index in [2.05, 4.69) is 11.4 Å². The van der Waals surface area contributed by atoms with Crippen molar-refractivity contribution in [3.05, 3.63) is 58.7 Å². The average molecular weight is 425 g/mol. The van der Waals surface area contributed by atoms with Gasteiger partial charge in [-0.25, -0.2) is 0 Å². The summed E-state index contributed by atoms with van der Waals surface area (Å²) >= 11 is 0. The second-order valence-corrected chi connectivity index (χ2v) is 8.27. The Labute approximate surface area is 184 Å². The number of amides is 2. The summed E-state index contributed by atoms with van der Waals surface area (Å²) in [6.45, 7) is 9.29. The van der Waals surface area contributed by atoms with Gasteiger partial charge in [-0.2, -0.15) is 0 Å². The third-order valence-electron chi connectivity index (χ3n) is 5.82. The molecule has 0 spiro atoms. The predicted molar refractivity (Wildman–Crippen MR) is 121 cm³/mol. The van der Waals surface area contributed by atoms with Gasteiger partial charge in [0.25, 0.3) is 11.8 Å². The van der Waals surface area contributed by atoms with Crippen molar-refractivity contribution in [3.63, 3.8) is 0 Å². The van der Waals surface area contributed by atoms with Crippen molar-refractivity contribution in [2.75, 3.05) is 26.3 Å². The van der Waals surface area contributed by atoms with E-state index in [1.807, 2.05) is 62.9 Å². The summed E-state index contributed by atoms with van der Waals surface area (Å²) in [7, 11) is 0. The molecule has 1 saturated heterocycles. The van der Waals surface area contributed by atoms with Crippen LogP contribution in [-0.2, 0) is 9.59 Å². The Morgan fingerprint density at radius 3 is 2.23 bits per heavy atom. The maximum Gasteiger partial charge on any atom is 0.260 e. The van der Waals surface area contributed by atoms with Crippen LogP contribution >= 0.6 is 0 Å². The molecule has 1 fully saturated rings. The number of nitrogens with zero attached hydrogens (tertiary/aromatic N) is 1. The highest BCUT2D eigenvalue weighted by Crippen LogP contribution is 2.25. The Morgan fingerprint density at radius 1 is 0.903 bits per heavy atom. The van der Waals surface area contributed by atoms with Crippen LogP contribution < -0.4 is 14.8 Å². The molecule has 0 atom stereocenters. The van der Waals surface area contributed by atoms with Crippen molar-refractivity contribution >= 4 is 11.8 Å². The minimum absolute atomic E-state index is 0.00869. The predicted octanol–water partition coefficient (Wildman–Crippen LogP) is 3.49. The first-order valence-corrected chi connectivity index (χ1v) is 10.8. The number of piperidine rings is 1. The van der Waals surface area contributed by atoms with Gasteiger partial charge in [0.2, 0.25) is 0 Å². The number of benzene rings is 2. The van der Waals surface area contributed by atoms with Gasteiger partial charge in [-0.15, -0.1) is 0 Å². The molecule has 3 rings (SSSR count). The van der Waals surface area contributed by atoms with Gasteiger partial charge in [-0.1, -0.05) is 29.8 Å². The van der Waals surface area contributed by atoms with Gasteiger partial charge in [0.1, 0.15) is 11.5 Å². The van der Waals surface area contributed by atoms with Crippen molar-refractivity contribution in [1.29, 1.82) is 0 Å². The van der Waals surface area contributed by atoms with E-state index in [1.165, 1.54) is 0 Å². The molecule has 31 heavy (non-hydrogen) atoms. The highest BCUT2D eigenvalue weighted by Gasteiger charge is 2.24. The molecule has 6 heteroatoms. The molecule has 0 aliphatic carbocycles. The van der Waals surface area contributed by atoms with Crippen LogP contribution in [0.15, 0.2) is 36.4 Å². The molecule has 1 aliphatic rings. The third-order valence-corrected chi connectivity index (χ3v) is 5.82. The number of ether oxygens (including phenoxy) is 2. The van der Waals surface area contributed by atoms with E-state index in [1.54, 1.807) is 0 Å². The van der Waals surface area contributed by atoms with Crippen LogP contribution in [0.4, 0.5) is 0 Å². The molecule has 0 bridgehead atoms. The van der Waals surface area contributed by atoms with Gasteiger partial charge in [-0.3, -0.25) is 9.59 Å². The standard InChI is InChI=1S/C25H32N2O4/c1-17-5-9-22(10-6-17)30-15-23(28)26-21-11-13-27(14-12-21)24(29)16-31-25-19(3)8-7-18(2)20(25)4/h5-10,21H,11-16H2,1-4H3,(H,26,28). The number of carbonyl (C=O) groups is 2. The maximum atomic E-state index is 12.6. The molecule has 6 nitrogen and oxygen atoms in total. The van der Waals surface area contributed by atoms with Gasteiger partial charge >= 0.3 is 0 Å². The van der Waals surface area contributed by atoms with E-state index in [9.17, 15) is 9.59 Å². The lowest BCUT2D eigenvalue weighted by molar-refractivity contribution is -0.134. The topological polar surface area (TPSA) is 67.9 Å². The lowest BCUT2D eigenvalue weighted by atomic mass is 10.0. The summed E-state index contributed by atoms with van der Waals surface area (Å²) in [5.74, 6) is 1.32. The maximum absolute atomic E-state index is 12.6. The first-order chi connectivity index (χ1) is 14.8. The number of nitrogens with one attached hydrogen (secondary N) is 1. The van der Waals surface area contributed by atoms with E-state index < -0.39 is 0 Å². The SMILES string of the molecule is Cc1ccc(OCC(=O)NC2CCN(C(=O)COc3c(C)ccc(C)c3C)CC2)cc1. The molecular formula is C25H32N2O4. The lowest BCUT2D eigenvalue weighted by Gasteiger charge is -2.32. The van der Waals surface area contributed by atoms with E-state index in [-0.39, 0.29) is 31.1 Å². The van der Waals surface area contributed by atoms with Gasteiger partial charge in [0.15, 0.2) is 13.2 Å². The Bertz CT molecular complexity index is 916. The summed E-state index contributed by atoms with van der Waals surface area (Å²) in [6, 6.07) is 11.7. The molecule has 166 valence electrons.